The van der Waals surface area contributed by atoms with Crippen molar-refractivity contribution in [2.45, 2.75) is 25.9 Å². The van der Waals surface area contributed by atoms with Crippen molar-refractivity contribution in [2.24, 2.45) is 5.92 Å². The molecular formula is C27H33N5O3. The Kier molecular flexibility index (Phi) is 6.99. The van der Waals surface area contributed by atoms with Gasteiger partial charge in [-0.05, 0) is 55.8 Å². The van der Waals surface area contributed by atoms with Gasteiger partial charge in [-0.3, -0.25) is 14.5 Å². The number of likely N-dealkylation sites (tertiary alicyclic amines) is 1. The number of hydrogen-bond acceptors (Lipinski definition) is 5. The van der Waals surface area contributed by atoms with Crippen LogP contribution in [0.15, 0.2) is 48.5 Å². The number of hydrogen-bond donors (Lipinski definition) is 0. The van der Waals surface area contributed by atoms with E-state index in [-0.39, 0.29) is 11.8 Å². The fourth-order valence-corrected chi connectivity index (χ4v) is 5.18. The molecule has 2 aromatic carbocycles. The molecule has 0 atom stereocenters. The predicted octanol–water partition coefficient (Wildman–Crippen LogP) is 2.61. The van der Waals surface area contributed by atoms with Gasteiger partial charge in [-0.25, -0.2) is 4.98 Å². The number of para-hydroxylation sites is 2. The van der Waals surface area contributed by atoms with E-state index in [4.69, 9.17) is 9.72 Å². The molecule has 8 nitrogen and oxygen atoms in total. The van der Waals surface area contributed by atoms with Crippen LogP contribution in [0.4, 0.5) is 0 Å². The van der Waals surface area contributed by atoms with E-state index in [2.05, 4.69) is 39.8 Å². The minimum Gasteiger partial charge on any atom is -0.497 e. The van der Waals surface area contributed by atoms with Gasteiger partial charge < -0.3 is 19.1 Å². The molecule has 2 fully saturated rings. The Labute approximate surface area is 206 Å². The summed E-state index contributed by atoms with van der Waals surface area (Å²) in [6.45, 7) is 5.86. The molecule has 0 spiro atoms. The largest absolute Gasteiger partial charge is 0.497 e. The molecule has 2 aliphatic rings. The maximum Gasteiger partial charge on any atom is 0.225 e. The highest BCUT2D eigenvalue weighted by molar-refractivity contribution is 5.79. The number of fused-ring (bicyclic) bond motifs is 1. The summed E-state index contributed by atoms with van der Waals surface area (Å²) in [6, 6.07) is 16.5. The van der Waals surface area contributed by atoms with Crippen LogP contribution >= 0.6 is 0 Å². The molecule has 184 valence electrons. The Morgan fingerprint density at radius 3 is 2.37 bits per heavy atom. The number of piperazine rings is 1. The normalized spacial score (nSPS) is 17.6. The highest BCUT2D eigenvalue weighted by Gasteiger charge is 2.30. The summed E-state index contributed by atoms with van der Waals surface area (Å²) >= 11 is 0. The van der Waals surface area contributed by atoms with Crippen molar-refractivity contribution >= 4 is 23.4 Å². The molecule has 0 N–H and O–H groups in total. The van der Waals surface area contributed by atoms with E-state index in [1.807, 2.05) is 23.1 Å². The molecule has 35 heavy (non-hydrogen) atoms. The second-order valence-electron chi connectivity index (χ2n) is 9.47. The second kappa shape index (κ2) is 10.5. The third kappa shape index (κ3) is 5.17. The summed E-state index contributed by atoms with van der Waals surface area (Å²) in [5, 5.41) is 0. The van der Waals surface area contributed by atoms with Gasteiger partial charge in [-0.2, -0.15) is 0 Å². The van der Waals surface area contributed by atoms with Crippen LogP contribution in [-0.4, -0.2) is 82.9 Å². The molecule has 1 aromatic heterocycles. The maximum absolute atomic E-state index is 13.0. The molecule has 0 radical (unpaired) electrons. The number of rotatable bonds is 7. The number of carbonyl (C=O) groups is 2. The van der Waals surface area contributed by atoms with Gasteiger partial charge in [-0.1, -0.05) is 24.3 Å². The van der Waals surface area contributed by atoms with Gasteiger partial charge in [0.25, 0.3) is 0 Å². The minimum absolute atomic E-state index is 0.0761. The van der Waals surface area contributed by atoms with Crippen molar-refractivity contribution in [1.82, 2.24) is 24.3 Å². The van der Waals surface area contributed by atoms with Crippen LogP contribution < -0.4 is 4.74 Å². The van der Waals surface area contributed by atoms with E-state index in [1.165, 1.54) is 5.56 Å². The topological polar surface area (TPSA) is 70.9 Å². The molecule has 2 amide bonds. The Morgan fingerprint density at radius 2 is 1.69 bits per heavy atom. The quantitative estimate of drug-likeness (QED) is 0.492. The molecule has 0 unspecified atom stereocenters. The predicted molar refractivity (Wildman–Crippen MR) is 134 cm³/mol. The van der Waals surface area contributed by atoms with Crippen LogP contribution in [0.25, 0.3) is 11.0 Å². The standard InChI is InChI=1S/C27H33N5O3/c1-35-23-8-6-21(7-9-23)18-32-25-5-3-2-4-24(25)28-26(32)19-29-12-10-22(11-13-29)27(34)31-16-14-30(20-33)15-17-31/h2-9,20,22H,10-19H2,1H3. The van der Waals surface area contributed by atoms with Crippen LogP contribution in [0.1, 0.15) is 24.2 Å². The number of aromatic nitrogens is 2. The van der Waals surface area contributed by atoms with E-state index in [0.717, 1.165) is 68.0 Å². The van der Waals surface area contributed by atoms with Crippen molar-refractivity contribution in [3.05, 3.63) is 59.9 Å². The Morgan fingerprint density at radius 1 is 0.971 bits per heavy atom. The zero-order valence-electron chi connectivity index (χ0n) is 20.3. The van der Waals surface area contributed by atoms with Gasteiger partial charge in [0.15, 0.2) is 0 Å². The monoisotopic (exact) mass is 475 g/mol. The lowest BCUT2D eigenvalue weighted by molar-refractivity contribution is -0.140. The number of ether oxygens (including phenoxy) is 1. The van der Waals surface area contributed by atoms with Crippen molar-refractivity contribution < 1.29 is 14.3 Å². The van der Waals surface area contributed by atoms with E-state index in [0.29, 0.717) is 26.2 Å². The first kappa shape index (κ1) is 23.4. The average molecular weight is 476 g/mol. The lowest BCUT2D eigenvalue weighted by Gasteiger charge is -2.37. The van der Waals surface area contributed by atoms with Gasteiger partial charge in [0.2, 0.25) is 12.3 Å². The summed E-state index contributed by atoms with van der Waals surface area (Å²) in [4.78, 5) is 35.0. The number of piperidine rings is 1. The Bertz CT molecular complexity index is 1160. The van der Waals surface area contributed by atoms with Crippen molar-refractivity contribution in [3.63, 3.8) is 0 Å². The van der Waals surface area contributed by atoms with Crippen molar-refractivity contribution in [1.29, 1.82) is 0 Å². The van der Waals surface area contributed by atoms with E-state index in [9.17, 15) is 9.59 Å². The number of nitrogens with zero attached hydrogens (tertiary/aromatic N) is 5. The van der Waals surface area contributed by atoms with E-state index in [1.54, 1.807) is 12.0 Å². The molecule has 2 saturated heterocycles. The molecule has 0 saturated carbocycles. The van der Waals surface area contributed by atoms with E-state index < -0.39 is 0 Å². The average Bonchev–Trinajstić information content (AvgIpc) is 3.25. The first-order valence-corrected chi connectivity index (χ1v) is 12.4. The molecule has 0 aliphatic carbocycles. The smallest absolute Gasteiger partial charge is 0.225 e. The van der Waals surface area contributed by atoms with Gasteiger partial charge in [0.05, 0.1) is 24.7 Å². The number of amides is 2. The van der Waals surface area contributed by atoms with Crippen molar-refractivity contribution in [3.8, 4) is 5.75 Å². The van der Waals surface area contributed by atoms with Crippen LogP contribution in [0.2, 0.25) is 0 Å². The second-order valence-corrected chi connectivity index (χ2v) is 9.47. The van der Waals surface area contributed by atoms with Gasteiger partial charge >= 0.3 is 0 Å². The van der Waals surface area contributed by atoms with Gasteiger partial charge in [-0.15, -0.1) is 0 Å². The molecule has 3 aromatic rings. The van der Waals surface area contributed by atoms with Crippen LogP contribution in [0.5, 0.6) is 5.75 Å². The molecule has 0 bridgehead atoms. The van der Waals surface area contributed by atoms with E-state index >= 15 is 0 Å². The number of benzene rings is 2. The fourth-order valence-electron chi connectivity index (χ4n) is 5.18. The SMILES string of the molecule is COc1ccc(Cn2c(CN3CCC(C(=O)N4CCN(C=O)CC4)CC3)nc3ccccc32)cc1. The third-order valence-electron chi connectivity index (χ3n) is 7.31. The van der Waals surface area contributed by atoms with Gasteiger partial charge in [0.1, 0.15) is 11.6 Å². The summed E-state index contributed by atoms with van der Waals surface area (Å²) in [6.07, 6.45) is 2.61. The Balaban J connectivity index is 1.24. The lowest BCUT2D eigenvalue weighted by Crippen LogP contribution is -2.51. The highest BCUT2D eigenvalue weighted by atomic mass is 16.5. The zero-order chi connectivity index (χ0) is 24.2. The molecular weight excluding hydrogens is 442 g/mol. The number of methoxy groups -OCH3 is 1. The number of carbonyl (C=O) groups excluding carboxylic acids is 2. The molecule has 8 heteroatoms. The van der Waals surface area contributed by atoms with Gasteiger partial charge in [0, 0.05) is 38.6 Å². The maximum atomic E-state index is 13.0. The Hall–Kier alpha value is -3.39. The summed E-state index contributed by atoms with van der Waals surface area (Å²) in [5.74, 6) is 2.23. The molecule has 3 heterocycles. The van der Waals surface area contributed by atoms with Crippen molar-refractivity contribution in [2.75, 3.05) is 46.4 Å². The lowest BCUT2D eigenvalue weighted by atomic mass is 9.95. The molecule has 5 rings (SSSR count). The summed E-state index contributed by atoms with van der Waals surface area (Å²) in [7, 11) is 1.68. The number of imidazole rings is 1. The fraction of sp³-hybridized carbons (Fsp3) is 0.444. The minimum atomic E-state index is 0.0761. The highest BCUT2D eigenvalue weighted by Crippen LogP contribution is 2.24. The first-order valence-electron chi connectivity index (χ1n) is 12.4. The molecule has 2 aliphatic heterocycles. The zero-order valence-corrected chi connectivity index (χ0v) is 20.3. The van der Waals surface area contributed by atoms with Crippen LogP contribution in [-0.2, 0) is 22.7 Å². The third-order valence-corrected chi connectivity index (χ3v) is 7.31. The van der Waals surface area contributed by atoms with Crippen LogP contribution in [0, 0.1) is 5.92 Å². The van der Waals surface area contributed by atoms with Crippen LogP contribution in [0.3, 0.4) is 0 Å². The summed E-state index contributed by atoms with van der Waals surface area (Å²) in [5.41, 5.74) is 3.35. The first-order chi connectivity index (χ1) is 17.1. The summed E-state index contributed by atoms with van der Waals surface area (Å²) < 4.78 is 7.61.